The first-order valence-electron chi connectivity index (χ1n) is 5.90. The summed E-state index contributed by atoms with van der Waals surface area (Å²) in [6.45, 7) is 1.12. The fourth-order valence-electron chi connectivity index (χ4n) is 2.12. The molecule has 1 aliphatic heterocycles. The predicted octanol–water partition coefficient (Wildman–Crippen LogP) is 1.20. The van der Waals surface area contributed by atoms with Crippen LogP contribution in [0.25, 0.3) is 0 Å². The zero-order valence-electron chi connectivity index (χ0n) is 10.9. The predicted molar refractivity (Wildman–Crippen MR) is 75.4 cm³/mol. The van der Waals surface area contributed by atoms with Gasteiger partial charge in [-0.05, 0) is 12.5 Å². The lowest BCUT2D eigenvalue weighted by Crippen LogP contribution is -2.31. The third-order valence-corrected chi connectivity index (χ3v) is 3.14. The first kappa shape index (κ1) is 16.2. The van der Waals surface area contributed by atoms with E-state index in [4.69, 9.17) is 10.5 Å². The highest BCUT2D eigenvalue weighted by molar-refractivity contribution is 5.95. The Kier molecular flexibility index (Phi) is 5.29. The molecule has 1 saturated heterocycles. The van der Waals surface area contributed by atoms with Crippen LogP contribution < -0.4 is 10.5 Å². The van der Waals surface area contributed by atoms with Gasteiger partial charge in [-0.2, -0.15) is 0 Å². The molecule has 0 bridgehead atoms. The third kappa shape index (κ3) is 3.17. The first-order chi connectivity index (χ1) is 9.02. The van der Waals surface area contributed by atoms with Crippen LogP contribution in [0.2, 0.25) is 0 Å². The van der Waals surface area contributed by atoms with Gasteiger partial charge in [0.2, 0.25) is 0 Å². The van der Waals surface area contributed by atoms with Gasteiger partial charge in [-0.15, -0.1) is 12.4 Å². The molecule has 2 rings (SSSR count). The van der Waals surface area contributed by atoms with Gasteiger partial charge in [-0.1, -0.05) is 0 Å². The summed E-state index contributed by atoms with van der Waals surface area (Å²) in [5, 5.41) is 10.8. The highest BCUT2D eigenvalue weighted by Gasteiger charge is 2.26. The van der Waals surface area contributed by atoms with E-state index >= 15 is 0 Å². The van der Waals surface area contributed by atoms with Crippen LogP contribution in [0, 0.1) is 10.1 Å². The maximum Gasteiger partial charge on any atom is 0.310 e. The molecule has 1 aromatic rings. The molecule has 1 amide bonds. The van der Waals surface area contributed by atoms with Crippen LogP contribution in [0.5, 0.6) is 5.75 Å². The number of methoxy groups -OCH3 is 1. The normalized spacial score (nSPS) is 17.5. The Labute approximate surface area is 122 Å². The number of carbonyl (C=O) groups is 1. The summed E-state index contributed by atoms with van der Waals surface area (Å²) in [5.41, 5.74) is 5.97. The smallest absolute Gasteiger partial charge is 0.310 e. The Bertz CT molecular complexity index is 523. The molecule has 1 heterocycles. The van der Waals surface area contributed by atoms with E-state index in [-0.39, 0.29) is 35.8 Å². The number of nitro benzene ring substituents is 1. The number of hydrogen-bond acceptors (Lipinski definition) is 5. The van der Waals surface area contributed by atoms with E-state index in [1.807, 2.05) is 0 Å². The van der Waals surface area contributed by atoms with Crippen LogP contribution in [0.1, 0.15) is 16.8 Å². The summed E-state index contributed by atoms with van der Waals surface area (Å²) < 4.78 is 4.94. The number of likely N-dealkylation sites (tertiary alicyclic amines) is 1. The molecular weight excluding hydrogens is 286 g/mol. The lowest BCUT2D eigenvalue weighted by Gasteiger charge is -2.16. The molecule has 1 fully saturated rings. The Hall–Kier alpha value is -1.86. The average Bonchev–Trinajstić information content (AvgIpc) is 2.83. The maximum absolute atomic E-state index is 12.2. The second-order valence-electron chi connectivity index (χ2n) is 4.44. The first-order valence-corrected chi connectivity index (χ1v) is 5.90. The highest BCUT2D eigenvalue weighted by Crippen LogP contribution is 2.28. The summed E-state index contributed by atoms with van der Waals surface area (Å²) in [7, 11) is 1.34. The second-order valence-corrected chi connectivity index (χ2v) is 4.44. The minimum atomic E-state index is -0.543. The van der Waals surface area contributed by atoms with Gasteiger partial charge in [-0.25, -0.2) is 0 Å². The number of nitrogens with zero attached hydrogens (tertiary/aromatic N) is 2. The number of nitro groups is 1. The van der Waals surface area contributed by atoms with Gasteiger partial charge >= 0.3 is 5.69 Å². The van der Waals surface area contributed by atoms with E-state index in [0.29, 0.717) is 18.7 Å². The van der Waals surface area contributed by atoms with Crippen molar-refractivity contribution in [1.29, 1.82) is 0 Å². The molecule has 0 spiro atoms. The molecule has 1 unspecified atom stereocenters. The van der Waals surface area contributed by atoms with Crippen LogP contribution in [0.3, 0.4) is 0 Å². The van der Waals surface area contributed by atoms with E-state index in [1.165, 1.54) is 25.3 Å². The topological polar surface area (TPSA) is 98.7 Å². The van der Waals surface area contributed by atoms with Crippen LogP contribution in [0.15, 0.2) is 18.2 Å². The largest absolute Gasteiger partial charge is 0.490 e. The Morgan fingerprint density at radius 2 is 2.25 bits per heavy atom. The zero-order chi connectivity index (χ0) is 14.0. The van der Waals surface area contributed by atoms with Crippen LogP contribution >= 0.6 is 12.4 Å². The van der Waals surface area contributed by atoms with Gasteiger partial charge in [0.25, 0.3) is 5.91 Å². The molecule has 1 aliphatic rings. The molecule has 0 saturated carbocycles. The molecule has 0 radical (unpaired) electrons. The number of amides is 1. The summed E-state index contributed by atoms with van der Waals surface area (Å²) in [5.74, 6) is -0.0968. The van der Waals surface area contributed by atoms with Crippen molar-refractivity contribution < 1.29 is 14.5 Å². The van der Waals surface area contributed by atoms with E-state index in [0.717, 1.165) is 6.42 Å². The van der Waals surface area contributed by atoms with Crippen LogP contribution in [-0.4, -0.2) is 42.0 Å². The van der Waals surface area contributed by atoms with Gasteiger partial charge < -0.3 is 15.4 Å². The number of ether oxygens (including phenoxy) is 1. The van der Waals surface area contributed by atoms with Crippen LogP contribution in [-0.2, 0) is 0 Å². The van der Waals surface area contributed by atoms with Crippen molar-refractivity contribution in [2.45, 2.75) is 12.5 Å². The van der Waals surface area contributed by atoms with Crippen molar-refractivity contribution in [3.05, 3.63) is 33.9 Å². The monoisotopic (exact) mass is 301 g/mol. The number of hydrogen-bond donors (Lipinski definition) is 1. The van der Waals surface area contributed by atoms with Crippen molar-refractivity contribution >= 4 is 24.0 Å². The third-order valence-electron chi connectivity index (χ3n) is 3.14. The summed E-state index contributed by atoms with van der Waals surface area (Å²) in [6.07, 6.45) is 0.774. The number of nitrogens with two attached hydrogens (primary N) is 1. The van der Waals surface area contributed by atoms with Gasteiger partial charge in [-0.3, -0.25) is 14.9 Å². The fourth-order valence-corrected chi connectivity index (χ4v) is 2.12. The van der Waals surface area contributed by atoms with Gasteiger partial charge in [0.05, 0.1) is 12.0 Å². The fraction of sp³-hybridized carbons (Fsp3) is 0.417. The molecule has 110 valence electrons. The van der Waals surface area contributed by atoms with Crippen molar-refractivity contribution in [3.8, 4) is 5.75 Å². The molecule has 0 aliphatic carbocycles. The Morgan fingerprint density at radius 3 is 2.75 bits per heavy atom. The number of benzene rings is 1. The van der Waals surface area contributed by atoms with E-state index < -0.39 is 4.92 Å². The summed E-state index contributed by atoms with van der Waals surface area (Å²) in [6, 6.07) is 4.11. The molecule has 7 nitrogen and oxygen atoms in total. The lowest BCUT2D eigenvalue weighted by atomic mass is 10.1. The maximum atomic E-state index is 12.2. The molecule has 0 aromatic heterocycles. The molecule has 2 N–H and O–H groups in total. The van der Waals surface area contributed by atoms with Gasteiger partial charge in [0.1, 0.15) is 0 Å². The summed E-state index contributed by atoms with van der Waals surface area (Å²) in [4.78, 5) is 24.1. The number of carbonyl (C=O) groups excluding carboxylic acids is 1. The standard InChI is InChI=1S/C12H15N3O4.ClH/c1-19-11-6-8(2-3-10(11)15(17)18)12(16)14-5-4-9(13)7-14;/h2-3,6,9H,4-5,7,13H2,1H3;1H. The SMILES string of the molecule is COc1cc(C(=O)N2CCC(N)C2)ccc1[N+](=O)[O-].Cl. The number of halogens is 1. The number of rotatable bonds is 3. The molecular formula is C12H16ClN3O4. The van der Waals surface area contributed by atoms with E-state index in [1.54, 1.807) is 4.90 Å². The second kappa shape index (κ2) is 6.53. The van der Waals surface area contributed by atoms with E-state index in [9.17, 15) is 14.9 Å². The Morgan fingerprint density at radius 1 is 1.55 bits per heavy atom. The highest BCUT2D eigenvalue weighted by atomic mass is 35.5. The molecule has 1 aromatic carbocycles. The van der Waals surface area contributed by atoms with Crippen molar-refractivity contribution in [1.82, 2.24) is 4.90 Å². The quantitative estimate of drug-likeness (QED) is 0.668. The lowest BCUT2D eigenvalue weighted by molar-refractivity contribution is -0.385. The minimum absolute atomic E-state index is 0. The van der Waals surface area contributed by atoms with Gasteiger partial charge in [0, 0.05) is 36.8 Å². The molecule has 20 heavy (non-hydrogen) atoms. The van der Waals surface area contributed by atoms with Crippen molar-refractivity contribution in [3.63, 3.8) is 0 Å². The minimum Gasteiger partial charge on any atom is -0.490 e. The molecule has 8 heteroatoms. The molecule has 1 atom stereocenters. The van der Waals surface area contributed by atoms with Crippen molar-refractivity contribution in [2.75, 3.05) is 20.2 Å². The van der Waals surface area contributed by atoms with E-state index in [2.05, 4.69) is 0 Å². The van der Waals surface area contributed by atoms with Crippen molar-refractivity contribution in [2.24, 2.45) is 5.73 Å². The summed E-state index contributed by atoms with van der Waals surface area (Å²) >= 11 is 0. The average molecular weight is 302 g/mol. The van der Waals surface area contributed by atoms with Gasteiger partial charge in [0.15, 0.2) is 5.75 Å². The Balaban J connectivity index is 0.00000200. The zero-order valence-corrected chi connectivity index (χ0v) is 11.8. The van der Waals surface area contributed by atoms with Crippen LogP contribution in [0.4, 0.5) is 5.69 Å².